The van der Waals surface area contributed by atoms with Gasteiger partial charge in [0.15, 0.2) is 5.75 Å². The molecule has 0 aliphatic rings. The Morgan fingerprint density at radius 1 is 1.07 bits per heavy atom. The van der Waals surface area contributed by atoms with Crippen molar-refractivity contribution >= 4 is 42.6 Å². The van der Waals surface area contributed by atoms with Crippen LogP contribution in [0.5, 0.6) is 5.75 Å². The summed E-state index contributed by atoms with van der Waals surface area (Å²) < 4.78 is 14.7. The molecule has 78 valence electrons. The van der Waals surface area contributed by atoms with Crippen molar-refractivity contribution in [3.8, 4) is 5.75 Å². The van der Waals surface area contributed by atoms with Crippen LogP contribution in [0.4, 0.5) is 0 Å². The van der Waals surface area contributed by atoms with Crippen molar-refractivity contribution < 1.29 is 18.9 Å². The molecule has 0 atom stereocenters. The van der Waals surface area contributed by atoms with Crippen LogP contribution in [0.1, 0.15) is 0 Å². The van der Waals surface area contributed by atoms with E-state index in [4.69, 9.17) is 44.6 Å². The molecule has 0 aliphatic heterocycles. The molecule has 14 heavy (non-hydrogen) atoms. The molecule has 0 aromatic heterocycles. The first kappa shape index (κ1) is 12.1. The van der Waals surface area contributed by atoms with Crippen LogP contribution in [-0.4, -0.2) is 9.79 Å². The van der Waals surface area contributed by atoms with Crippen molar-refractivity contribution in [1.82, 2.24) is 0 Å². The first-order chi connectivity index (χ1) is 6.29. The number of phosphoric ester groups is 1. The Labute approximate surface area is 94.6 Å². The molecule has 0 saturated carbocycles. The average Bonchev–Trinajstić information content (AvgIpc) is 1.97. The minimum absolute atomic E-state index is 0.0253. The van der Waals surface area contributed by atoms with Crippen molar-refractivity contribution in [2.45, 2.75) is 0 Å². The van der Waals surface area contributed by atoms with Crippen molar-refractivity contribution in [3.63, 3.8) is 0 Å². The molecule has 2 N–H and O–H groups in total. The predicted molar refractivity (Wildman–Crippen MR) is 54.1 cm³/mol. The number of halogens is 3. The van der Waals surface area contributed by atoms with Gasteiger partial charge in [-0.3, -0.25) is 9.79 Å². The van der Waals surface area contributed by atoms with Gasteiger partial charge >= 0.3 is 7.82 Å². The number of rotatable bonds is 2. The zero-order valence-electron chi connectivity index (χ0n) is 6.45. The Balaban J connectivity index is 3.11. The van der Waals surface area contributed by atoms with E-state index in [9.17, 15) is 4.57 Å². The summed E-state index contributed by atoms with van der Waals surface area (Å²) >= 11 is 16.8. The predicted octanol–water partition coefficient (Wildman–Crippen LogP) is 3.12. The zero-order chi connectivity index (χ0) is 10.9. The number of hydrogen-bond acceptors (Lipinski definition) is 2. The Morgan fingerprint density at radius 3 is 2.07 bits per heavy atom. The molecular weight excluding hydrogens is 273 g/mol. The van der Waals surface area contributed by atoms with E-state index in [1.54, 1.807) is 0 Å². The highest BCUT2D eigenvalue weighted by molar-refractivity contribution is 7.46. The molecule has 0 amide bonds. The van der Waals surface area contributed by atoms with E-state index in [-0.39, 0.29) is 20.8 Å². The van der Waals surface area contributed by atoms with Crippen LogP contribution in [0.3, 0.4) is 0 Å². The van der Waals surface area contributed by atoms with Crippen LogP contribution < -0.4 is 4.52 Å². The summed E-state index contributed by atoms with van der Waals surface area (Å²) in [4.78, 5) is 17.0. The van der Waals surface area contributed by atoms with Crippen LogP contribution in [0, 0.1) is 0 Å². The summed E-state index contributed by atoms with van der Waals surface area (Å²) in [6, 6.07) is 2.36. The van der Waals surface area contributed by atoms with Gasteiger partial charge in [0.2, 0.25) is 0 Å². The first-order valence-corrected chi connectivity index (χ1v) is 5.86. The molecule has 0 fully saturated rings. The molecule has 0 aliphatic carbocycles. The lowest BCUT2D eigenvalue weighted by atomic mass is 10.3. The fourth-order valence-electron chi connectivity index (χ4n) is 0.702. The molecule has 0 unspecified atom stereocenters. The standard InChI is InChI=1S/C6H4Cl3O4P/c7-3-1-5(9)6(2-4(3)8)13-14(10,11)12/h1-2H,(H2,10,11,12). The summed E-state index contributed by atoms with van der Waals surface area (Å²) in [6.45, 7) is 0. The molecule has 1 aromatic rings. The fourth-order valence-corrected chi connectivity index (χ4v) is 1.74. The highest BCUT2D eigenvalue weighted by Crippen LogP contribution is 2.43. The Bertz CT molecular complexity index is 402. The monoisotopic (exact) mass is 276 g/mol. The van der Waals surface area contributed by atoms with Gasteiger partial charge in [-0.2, -0.15) is 0 Å². The second-order valence-electron chi connectivity index (χ2n) is 2.28. The third-order valence-electron chi connectivity index (χ3n) is 1.19. The van der Waals surface area contributed by atoms with E-state index in [0.717, 1.165) is 6.07 Å². The quantitative estimate of drug-likeness (QED) is 0.644. The van der Waals surface area contributed by atoms with E-state index < -0.39 is 7.82 Å². The van der Waals surface area contributed by atoms with Crippen molar-refractivity contribution in [2.24, 2.45) is 0 Å². The van der Waals surface area contributed by atoms with Gasteiger partial charge in [-0.1, -0.05) is 34.8 Å². The molecule has 0 heterocycles. The maximum atomic E-state index is 10.5. The first-order valence-electron chi connectivity index (χ1n) is 3.19. The van der Waals surface area contributed by atoms with E-state index >= 15 is 0 Å². The molecule has 0 spiro atoms. The molecule has 0 saturated heterocycles. The number of hydrogen-bond donors (Lipinski definition) is 2. The van der Waals surface area contributed by atoms with E-state index in [2.05, 4.69) is 4.52 Å². The van der Waals surface area contributed by atoms with Crippen molar-refractivity contribution in [1.29, 1.82) is 0 Å². The van der Waals surface area contributed by atoms with Crippen LogP contribution >= 0.6 is 42.6 Å². The maximum Gasteiger partial charge on any atom is 0.524 e. The lowest BCUT2D eigenvalue weighted by molar-refractivity contribution is 0.283. The van der Waals surface area contributed by atoms with E-state index in [0.29, 0.717) is 0 Å². The molecule has 0 bridgehead atoms. The van der Waals surface area contributed by atoms with Gasteiger partial charge in [-0.25, -0.2) is 4.57 Å². The summed E-state index contributed by atoms with van der Waals surface area (Å²) in [7, 11) is -4.64. The highest BCUT2D eigenvalue weighted by Gasteiger charge is 2.19. The molecular formula is C6H4Cl3O4P. The third kappa shape index (κ3) is 3.31. The Hall–Kier alpha value is 0.0400. The highest BCUT2D eigenvalue weighted by atomic mass is 35.5. The van der Waals surface area contributed by atoms with Crippen LogP contribution in [0.2, 0.25) is 15.1 Å². The summed E-state index contributed by atoms with van der Waals surface area (Å²) in [5.41, 5.74) is 0. The minimum Gasteiger partial charge on any atom is -0.403 e. The zero-order valence-corrected chi connectivity index (χ0v) is 9.61. The van der Waals surface area contributed by atoms with E-state index in [1.165, 1.54) is 6.07 Å². The van der Waals surface area contributed by atoms with Gasteiger partial charge in [0.05, 0.1) is 15.1 Å². The van der Waals surface area contributed by atoms with Gasteiger partial charge in [-0.15, -0.1) is 0 Å². The second kappa shape index (κ2) is 4.27. The lowest BCUT2D eigenvalue weighted by Gasteiger charge is -2.09. The number of phosphoric acid groups is 1. The van der Waals surface area contributed by atoms with Gasteiger partial charge < -0.3 is 4.52 Å². The summed E-state index contributed by atoms with van der Waals surface area (Å²) in [5, 5.41) is 0.247. The molecule has 8 heteroatoms. The van der Waals surface area contributed by atoms with Crippen molar-refractivity contribution in [2.75, 3.05) is 0 Å². The SMILES string of the molecule is O=P(O)(O)Oc1cc(Cl)c(Cl)cc1Cl. The minimum atomic E-state index is -4.64. The summed E-state index contributed by atoms with van der Waals surface area (Å²) in [5.74, 6) is -0.214. The third-order valence-corrected chi connectivity index (χ3v) is 2.64. The van der Waals surface area contributed by atoms with Crippen LogP contribution in [0.15, 0.2) is 12.1 Å². The van der Waals surface area contributed by atoms with E-state index in [1.807, 2.05) is 0 Å². The van der Waals surface area contributed by atoms with Gasteiger partial charge in [0.1, 0.15) is 0 Å². The lowest BCUT2D eigenvalue weighted by Crippen LogP contribution is -1.91. The van der Waals surface area contributed by atoms with Crippen LogP contribution in [-0.2, 0) is 4.57 Å². The Morgan fingerprint density at radius 2 is 1.57 bits per heavy atom. The van der Waals surface area contributed by atoms with Crippen LogP contribution in [0.25, 0.3) is 0 Å². The second-order valence-corrected chi connectivity index (χ2v) is 4.66. The Kier molecular flexibility index (Phi) is 3.69. The fraction of sp³-hybridized carbons (Fsp3) is 0. The number of benzene rings is 1. The van der Waals surface area contributed by atoms with Gasteiger partial charge in [-0.05, 0) is 6.07 Å². The van der Waals surface area contributed by atoms with Gasteiger partial charge in [0.25, 0.3) is 0 Å². The summed E-state index contributed by atoms with van der Waals surface area (Å²) in [6.07, 6.45) is 0. The molecule has 0 radical (unpaired) electrons. The smallest absolute Gasteiger partial charge is 0.403 e. The van der Waals surface area contributed by atoms with Crippen molar-refractivity contribution in [3.05, 3.63) is 27.2 Å². The average molecular weight is 277 g/mol. The molecule has 4 nitrogen and oxygen atoms in total. The van der Waals surface area contributed by atoms with Gasteiger partial charge in [0, 0.05) is 6.07 Å². The molecule has 1 aromatic carbocycles. The topological polar surface area (TPSA) is 66.8 Å². The largest absolute Gasteiger partial charge is 0.524 e. The normalized spacial score (nSPS) is 11.5. The maximum absolute atomic E-state index is 10.5. The molecule has 1 rings (SSSR count).